The minimum absolute atomic E-state index is 0.141. The maximum absolute atomic E-state index is 6.04. The van der Waals surface area contributed by atoms with E-state index in [4.69, 9.17) is 5.73 Å². The molecule has 0 aliphatic rings. The van der Waals surface area contributed by atoms with E-state index in [1.807, 2.05) is 0 Å². The van der Waals surface area contributed by atoms with Gasteiger partial charge in [0.2, 0.25) is 0 Å². The SMILES string of the molecule is Cc1ccsc1C(N)CNC(C)C. The summed E-state index contributed by atoms with van der Waals surface area (Å²) in [6.07, 6.45) is 0. The van der Waals surface area contributed by atoms with Gasteiger partial charge < -0.3 is 11.1 Å². The zero-order chi connectivity index (χ0) is 9.84. The largest absolute Gasteiger partial charge is 0.322 e. The molecule has 1 atom stereocenters. The van der Waals surface area contributed by atoms with Crippen LogP contribution in [0.5, 0.6) is 0 Å². The Morgan fingerprint density at radius 1 is 1.54 bits per heavy atom. The Labute approximate surface area is 84.2 Å². The summed E-state index contributed by atoms with van der Waals surface area (Å²) in [5.41, 5.74) is 7.34. The van der Waals surface area contributed by atoms with E-state index in [1.54, 1.807) is 11.3 Å². The van der Waals surface area contributed by atoms with Crippen molar-refractivity contribution in [2.24, 2.45) is 5.73 Å². The fraction of sp³-hybridized carbons (Fsp3) is 0.600. The minimum atomic E-state index is 0.141. The first kappa shape index (κ1) is 10.7. The van der Waals surface area contributed by atoms with E-state index in [9.17, 15) is 0 Å². The van der Waals surface area contributed by atoms with Gasteiger partial charge in [0.1, 0.15) is 0 Å². The highest BCUT2D eigenvalue weighted by Crippen LogP contribution is 2.21. The van der Waals surface area contributed by atoms with Crippen LogP contribution in [0.1, 0.15) is 30.3 Å². The number of nitrogens with two attached hydrogens (primary N) is 1. The Morgan fingerprint density at radius 2 is 2.23 bits per heavy atom. The third kappa shape index (κ3) is 3.10. The normalized spacial score (nSPS) is 13.6. The van der Waals surface area contributed by atoms with Gasteiger partial charge in [0, 0.05) is 17.5 Å². The van der Waals surface area contributed by atoms with Gasteiger partial charge in [-0.1, -0.05) is 13.8 Å². The minimum Gasteiger partial charge on any atom is -0.322 e. The number of rotatable bonds is 4. The van der Waals surface area contributed by atoms with Crippen molar-refractivity contribution in [3.63, 3.8) is 0 Å². The van der Waals surface area contributed by atoms with Crippen molar-refractivity contribution in [3.05, 3.63) is 21.9 Å². The zero-order valence-corrected chi connectivity index (χ0v) is 9.32. The van der Waals surface area contributed by atoms with Gasteiger partial charge in [-0.2, -0.15) is 0 Å². The first-order valence-electron chi connectivity index (χ1n) is 4.64. The van der Waals surface area contributed by atoms with Gasteiger partial charge in [-0.15, -0.1) is 11.3 Å². The third-order valence-electron chi connectivity index (χ3n) is 1.98. The van der Waals surface area contributed by atoms with E-state index >= 15 is 0 Å². The summed E-state index contributed by atoms with van der Waals surface area (Å²) in [7, 11) is 0. The van der Waals surface area contributed by atoms with Gasteiger partial charge in [-0.3, -0.25) is 0 Å². The zero-order valence-electron chi connectivity index (χ0n) is 8.50. The number of hydrogen-bond acceptors (Lipinski definition) is 3. The van der Waals surface area contributed by atoms with Crippen molar-refractivity contribution in [2.45, 2.75) is 32.9 Å². The first-order chi connectivity index (χ1) is 6.11. The van der Waals surface area contributed by atoms with E-state index in [0.29, 0.717) is 6.04 Å². The second-order valence-corrected chi connectivity index (χ2v) is 4.59. The predicted molar refractivity (Wildman–Crippen MR) is 59.1 cm³/mol. The van der Waals surface area contributed by atoms with Gasteiger partial charge in [0.15, 0.2) is 0 Å². The van der Waals surface area contributed by atoms with Crippen LogP contribution in [0.2, 0.25) is 0 Å². The number of aryl methyl sites for hydroxylation is 1. The molecule has 0 aliphatic carbocycles. The number of hydrogen-bond donors (Lipinski definition) is 2. The Balaban J connectivity index is 2.49. The van der Waals surface area contributed by atoms with Crippen LogP contribution < -0.4 is 11.1 Å². The molecule has 1 heterocycles. The van der Waals surface area contributed by atoms with Crippen LogP contribution >= 0.6 is 11.3 Å². The predicted octanol–water partition coefficient (Wildman–Crippen LogP) is 2.05. The quantitative estimate of drug-likeness (QED) is 0.777. The molecular weight excluding hydrogens is 180 g/mol. The summed E-state index contributed by atoms with van der Waals surface area (Å²) < 4.78 is 0. The molecule has 0 bridgehead atoms. The lowest BCUT2D eigenvalue weighted by Crippen LogP contribution is -2.31. The van der Waals surface area contributed by atoms with E-state index in [2.05, 4.69) is 37.5 Å². The molecule has 74 valence electrons. The number of nitrogens with one attached hydrogen (secondary N) is 1. The van der Waals surface area contributed by atoms with Gasteiger partial charge in [0.25, 0.3) is 0 Å². The molecule has 3 N–H and O–H groups in total. The van der Waals surface area contributed by atoms with Crippen LogP contribution in [-0.4, -0.2) is 12.6 Å². The molecule has 0 amide bonds. The molecule has 1 rings (SSSR count). The van der Waals surface area contributed by atoms with Gasteiger partial charge >= 0.3 is 0 Å². The summed E-state index contributed by atoms with van der Waals surface area (Å²) in [6.45, 7) is 7.24. The van der Waals surface area contributed by atoms with Crippen LogP contribution in [0.3, 0.4) is 0 Å². The molecule has 0 radical (unpaired) electrons. The van der Waals surface area contributed by atoms with Crippen molar-refractivity contribution < 1.29 is 0 Å². The van der Waals surface area contributed by atoms with E-state index in [0.717, 1.165) is 6.54 Å². The van der Waals surface area contributed by atoms with Gasteiger partial charge in [-0.25, -0.2) is 0 Å². The molecule has 13 heavy (non-hydrogen) atoms. The molecular formula is C10H18N2S. The molecule has 0 spiro atoms. The van der Waals surface area contributed by atoms with Crippen molar-refractivity contribution in [3.8, 4) is 0 Å². The fourth-order valence-electron chi connectivity index (χ4n) is 1.22. The summed E-state index contributed by atoms with van der Waals surface area (Å²) in [5.74, 6) is 0. The van der Waals surface area contributed by atoms with E-state index in [-0.39, 0.29) is 6.04 Å². The van der Waals surface area contributed by atoms with Crippen molar-refractivity contribution in [2.75, 3.05) is 6.54 Å². The maximum atomic E-state index is 6.04. The lowest BCUT2D eigenvalue weighted by Gasteiger charge is -2.14. The molecule has 1 unspecified atom stereocenters. The molecule has 0 aliphatic heterocycles. The Hall–Kier alpha value is -0.380. The Kier molecular flexibility index (Phi) is 3.90. The van der Waals surface area contributed by atoms with Crippen LogP contribution in [0, 0.1) is 6.92 Å². The average Bonchev–Trinajstić information content (AvgIpc) is 2.47. The molecule has 0 fully saturated rings. The molecule has 0 saturated carbocycles. The lowest BCUT2D eigenvalue weighted by molar-refractivity contribution is 0.540. The van der Waals surface area contributed by atoms with Crippen LogP contribution in [0.25, 0.3) is 0 Å². The highest BCUT2D eigenvalue weighted by atomic mass is 32.1. The molecule has 1 aromatic heterocycles. The maximum Gasteiger partial charge on any atom is 0.0519 e. The monoisotopic (exact) mass is 198 g/mol. The Bertz CT molecular complexity index is 255. The van der Waals surface area contributed by atoms with E-state index < -0.39 is 0 Å². The van der Waals surface area contributed by atoms with E-state index in [1.165, 1.54) is 10.4 Å². The molecule has 1 aromatic rings. The number of thiophene rings is 1. The highest BCUT2D eigenvalue weighted by molar-refractivity contribution is 7.10. The average molecular weight is 198 g/mol. The second kappa shape index (κ2) is 4.74. The van der Waals surface area contributed by atoms with Crippen molar-refractivity contribution >= 4 is 11.3 Å². The molecule has 3 heteroatoms. The highest BCUT2D eigenvalue weighted by Gasteiger charge is 2.09. The summed E-state index contributed by atoms with van der Waals surface area (Å²) in [5, 5.41) is 5.44. The van der Waals surface area contributed by atoms with Crippen LogP contribution in [0.4, 0.5) is 0 Å². The Morgan fingerprint density at radius 3 is 2.69 bits per heavy atom. The first-order valence-corrected chi connectivity index (χ1v) is 5.52. The lowest BCUT2D eigenvalue weighted by atomic mass is 10.2. The van der Waals surface area contributed by atoms with Gasteiger partial charge in [-0.05, 0) is 23.9 Å². The summed E-state index contributed by atoms with van der Waals surface area (Å²) in [4.78, 5) is 1.30. The standard InChI is InChI=1S/C10H18N2S/c1-7(2)12-6-9(11)10-8(3)4-5-13-10/h4-5,7,9,12H,6,11H2,1-3H3. The smallest absolute Gasteiger partial charge is 0.0519 e. The molecule has 2 nitrogen and oxygen atoms in total. The van der Waals surface area contributed by atoms with Crippen molar-refractivity contribution in [1.82, 2.24) is 5.32 Å². The van der Waals surface area contributed by atoms with Crippen molar-refractivity contribution in [1.29, 1.82) is 0 Å². The summed E-state index contributed by atoms with van der Waals surface area (Å²) in [6, 6.07) is 2.77. The van der Waals surface area contributed by atoms with Crippen LogP contribution in [0.15, 0.2) is 11.4 Å². The second-order valence-electron chi connectivity index (χ2n) is 3.64. The topological polar surface area (TPSA) is 38.0 Å². The van der Waals surface area contributed by atoms with Crippen LogP contribution in [-0.2, 0) is 0 Å². The summed E-state index contributed by atoms with van der Waals surface area (Å²) >= 11 is 1.74. The fourth-order valence-corrected chi connectivity index (χ4v) is 2.15. The molecule has 0 aromatic carbocycles. The van der Waals surface area contributed by atoms with Gasteiger partial charge in [0.05, 0.1) is 6.04 Å². The molecule has 0 saturated heterocycles. The third-order valence-corrected chi connectivity index (χ3v) is 3.14.